The van der Waals surface area contributed by atoms with E-state index in [2.05, 4.69) is 10.3 Å². The Morgan fingerprint density at radius 1 is 1.28 bits per heavy atom. The molecule has 1 saturated carbocycles. The van der Waals surface area contributed by atoms with Gasteiger partial charge in [0.05, 0.1) is 30.3 Å². The van der Waals surface area contributed by atoms with E-state index in [-0.39, 0.29) is 18.9 Å². The molecule has 0 unspecified atom stereocenters. The van der Waals surface area contributed by atoms with Gasteiger partial charge in [-0.2, -0.15) is 0 Å². The number of methoxy groups -OCH3 is 1. The molecule has 2 heterocycles. The molecule has 7 nitrogen and oxygen atoms in total. The molecule has 1 aromatic carbocycles. The molecule has 0 bridgehead atoms. The van der Waals surface area contributed by atoms with Gasteiger partial charge in [0.2, 0.25) is 5.91 Å². The van der Waals surface area contributed by atoms with Crippen LogP contribution in [0.25, 0.3) is 0 Å². The zero-order valence-corrected chi connectivity index (χ0v) is 19.7. The number of aliphatic imine (C=N–C) groups is 1. The Kier molecular flexibility index (Phi) is 7.23. The van der Waals surface area contributed by atoms with Crippen molar-refractivity contribution in [1.82, 2.24) is 10.2 Å². The number of carbonyl (C=O) groups excluding carboxylic acids is 2. The van der Waals surface area contributed by atoms with Crippen LogP contribution in [-0.2, 0) is 19.1 Å². The maximum absolute atomic E-state index is 13.1. The molecule has 1 N–H and O–H groups in total. The second-order valence-corrected chi connectivity index (χ2v) is 9.21. The number of benzene rings is 1. The normalized spacial score (nSPS) is 20.0. The van der Waals surface area contributed by atoms with Gasteiger partial charge in [0.25, 0.3) is 0 Å². The molecule has 1 fully saturated rings. The summed E-state index contributed by atoms with van der Waals surface area (Å²) in [4.78, 5) is 32.3. The average molecular weight is 476 g/mol. The molecule has 0 aromatic heterocycles. The minimum absolute atomic E-state index is 0.0431. The molecule has 1 aromatic rings. The first-order valence-electron chi connectivity index (χ1n) is 10.6. The monoisotopic (exact) mass is 475 g/mol. The fourth-order valence-corrected chi connectivity index (χ4v) is 4.93. The van der Waals surface area contributed by atoms with Crippen LogP contribution >= 0.6 is 23.4 Å². The van der Waals surface area contributed by atoms with Gasteiger partial charge in [-0.1, -0.05) is 41.6 Å². The van der Waals surface area contributed by atoms with E-state index in [0.717, 1.165) is 11.3 Å². The number of halogens is 1. The van der Waals surface area contributed by atoms with Gasteiger partial charge in [-0.3, -0.25) is 4.79 Å². The Bertz CT molecular complexity index is 1000. The summed E-state index contributed by atoms with van der Waals surface area (Å²) in [5.74, 6) is 0.0908. The fraction of sp³-hybridized carbons (Fsp3) is 0.435. The number of thioether (sulfide) groups is 1. The van der Waals surface area contributed by atoms with Gasteiger partial charge in [-0.05, 0) is 42.7 Å². The summed E-state index contributed by atoms with van der Waals surface area (Å²) < 4.78 is 10.5. The predicted molar refractivity (Wildman–Crippen MR) is 125 cm³/mol. The number of nitrogens with one attached hydrogen (secondary N) is 1. The van der Waals surface area contributed by atoms with E-state index in [1.165, 1.54) is 24.6 Å². The standard InChI is InChI=1S/C23H26ClN3O4S/c1-14-20(22(29)31-10-9-30-2)21(17-5-3-4-6-18(17)24)27-16(13-32-23(27)26-14)11-19(28)25-12-15-7-8-15/h3-6,13,15,21H,7-12H2,1-2H3,(H,25,28)/t21-/m0/s1. The molecule has 0 spiro atoms. The molecular weight excluding hydrogens is 450 g/mol. The van der Waals surface area contributed by atoms with Crippen molar-refractivity contribution in [1.29, 1.82) is 0 Å². The lowest BCUT2D eigenvalue weighted by Crippen LogP contribution is -2.38. The van der Waals surface area contributed by atoms with Crippen molar-refractivity contribution in [2.45, 2.75) is 32.2 Å². The van der Waals surface area contributed by atoms with E-state index in [4.69, 9.17) is 21.1 Å². The third kappa shape index (κ3) is 5.03. The largest absolute Gasteiger partial charge is 0.460 e. The maximum Gasteiger partial charge on any atom is 0.338 e. The predicted octanol–water partition coefficient (Wildman–Crippen LogP) is 4.02. The molecule has 3 aliphatic rings. The molecule has 1 aliphatic carbocycles. The zero-order chi connectivity index (χ0) is 22.7. The Morgan fingerprint density at radius 3 is 2.78 bits per heavy atom. The summed E-state index contributed by atoms with van der Waals surface area (Å²) in [5, 5.41) is 6.18. The first-order chi connectivity index (χ1) is 15.5. The molecular formula is C23H26ClN3O4S. The molecule has 1 amide bonds. The second-order valence-electron chi connectivity index (χ2n) is 7.97. The topological polar surface area (TPSA) is 80.2 Å². The zero-order valence-electron chi connectivity index (χ0n) is 18.1. The number of carbonyl (C=O) groups is 2. The van der Waals surface area contributed by atoms with E-state index in [1.807, 2.05) is 28.5 Å². The highest BCUT2D eigenvalue weighted by atomic mass is 35.5. The van der Waals surface area contributed by atoms with Crippen LogP contribution in [0.3, 0.4) is 0 Å². The van der Waals surface area contributed by atoms with Gasteiger partial charge in [-0.25, -0.2) is 9.79 Å². The fourth-order valence-electron chi connectivity index (χ4n) is 3.72. The van der Waals surface area contributed by atoms with Gasteiger partial charge < -0.3 is 19.7 Å². The highest BCUT2D eigenvalue weighted by Gasteiger charge is 2.42. The summed E-state index contributed by atoms with van der Waals surface area (Å²) >= 11 is 8.01. The lowest BCUT2D eigenvalue weighted by Gasteiger charge is -2.36. The van der Waals surface area contributed by atoms with Gasteiger partial charge in [0, 0.05) is 24.4 Å². The summed E-state index contributed by atoms with van der Waals surface area (Å²) in [6, 6.07) is 6.87. The molecule has 2 aliphatic heterocycles. The molecule has 32 heavy (non-hydrogen) atoms. The third-order valence-corrected chi connectivity index (χ3v) is 6.80. The number of hydrogen-bond acceptors (Lipinski definition) is 7. The Labute approximate surface area is 196 Å². The molecule has 0 radical (unpaired) electrons. The molecule has 0 saturated heterocycles. The van der Waals surface area contributed by atoms with Crippen LogP contribution in [0.15, 0.2) is 51.6 Å². The Balaban J connectivity index is 1.64. The van der Waals surface area contributed by atoms with E-state index >= 15 is 0 Å². The Morgan fingerprint density at radius 2 is 2.06 bits per heavy atom. The smallest absolute Gasteiger partial charge is 0.338 e. The van der Waals surface area contributed by atoms with Crippen molar-refractivity contribution in [2.75, 3.05) is 26.9 Å². The third-order valence-electron chi connectivity index (χ3n) is 5.57. The summed E-state index contributed by atoms with van der Waals surface area (Å²) in [6.07, 6.45) is 2.55. The van der Waals surface area contributed by atoms with E-state index in [1.54, 1.807) is 20.1 Å². The van der Waals surface area contributed by atoms with Crippen LogP contribution in [0.2, 0.25) is 5.02 Å². The van der Waals surface area contributed by atoms with E-state index < -0.39 is 12.0 Å². The van der Waals surface area contributed by atoms with Crippen molar-refractivity contribution in [2.24, 2.45) is 10.9 Å². The number of fused-ring (bicyclic) bond motifs is 1. The molecule has 170 valence electrons. The SMILES string of the molecule is COCCOC(=O)C1=C(C)N=C2SC=C(CC(=O)NCC3CC3)N2[C@H]1c1ccccc1Cl. The lowest BCUT2D eigenvalue weighted by atomic mass is 9.93. The number of hydrogen-bond donors (Lipinski definition) is 1. The number of allylic oxidation sites excluding steroid dienone is 1. The van der Waals surface area contributed by atoms with Crippen molar-refractivity contribution in [3.63, 3.8) is 0 Å². The first-order valence-corrected chi connectivity index (χ1v) is 11.9. The minimum Gasteiger partial charge on any atom is -0.460 e. The lowest BCUT2D eigenvalue weighted by molar-refractivity contribution is -0.141. The minimum atomic E-state index is -0.538. The molecule has 1 atom stereocenters. The van der Waals surface area contributed by atoms with Crippen LogP contribution in [0.5, 0.6) is 0 Å². The van der Waals surface area contributed by atoms with Crippen molar-refractivity contribution in [3.8, 4) is 0 Å². The number of rotatable bonds is 9. The van der Waals surface area contributed by atoms with Gasteiger partial charge in [-0.15, -0.1) is 0 Å². The average Bonchev–Trinajstić information content (AvgIpc) is 3.52. The number of amides is 1. The first kappa shape index (κ1) is 22.9. The summed E-state index contributed by atoms with van der Waals surface area (Å²) in [7, 11) is 1.55. The second kappa shape index (κ2) is 10.1. The maximum atomic E-state index is 13.1. The van der Waals surface area contributed by atoms with Crippen LogP contribution in [-0.4, -0.2) is 48.8 Å². The number of amidine groups is 1. The molecule has 4 rings (SSSR count). The van der Waals surface area contributed by atoms with Crippen LogP contribution in [0.4, 0.5) is 0 Å². The number of nitrogens with zero attached hydrogens (tertiary/aromatic N) is 2. The summed E-state index contributed by atoms with van der Waals surface area (Å²) in [6.45, 7) is 2.94. The molecule has 9 heteroatoms. The van der Waals surface area contributed by atoms with Crippen molar-refractivity contribution in [3.05, 3.63) is 57.2 Å². The van der Waals surface area contributed by atoms with E-state index in [9.17, 15) is 9.59 Å². The van der Waals surface area contributed by atoms with Crippen molar-refractivity contribution < 1.29 is 19.1 Å². The van der Waals surface area contributed by atoms with Gasteiger partial charge in [0.1, 0.15) is 6.61 Å². The number of ether oxygens (including phenoxy) is 2. The van der Waals surface area contributed by atoms with E-state index in [0.29, 0.717) is 40.5 Å². The van der Waals surface area contributed by atoms with Gasteiger partial charge in [0.15, 0.2) is 5.17 Å². The van der Waals surface area contributed by atoms with Crippen LogP contribution in [0.1, 0.15) is 37.8 Å². The summed E-state index contributed by atoms with van der Waals surface area (Å²) in [5.41, 5.74) is 2.52. The van der Waals surface area contributed by atoms with Crippen molar-refractivity contribution >= 4 is 40.4 Å². The van der Waals surface area contributed by atoms with Crippen LogP contribution in [0, 0.1) is 5.92 Å². The van der Waals surface area contributed by atoms with Gasteiger partial charge >= 0.3 is 5.97 Å². The quantitative estimate of drug-likeness (QED) is 0.429. The highest BCUT2D eigenvalue weighted by Crippen LogP contribution is 2.46. The Hall–Kier alpha value is -2.29. The van der Waals surface area contributed by atoms with Crippen LogP contribution < -0.4 is 5.32 Å². The highest BCUT2D eigenvalue weighted by molar-refractivity contribution is 8.16. The number of esters is 1.